The molecule has 0 amide bonds. The average Bonchev–Trinajstić information content (AvgIpc) is 3.11. The third-order valence-electron chi connectivity index (χ3n) is 4.58. The topological polar surface area (TPSA) is 3.24 Å². The average molecular weight is 334 g/mol. The molecule has 1 aromatic carbocycles. The minimum Gasteiger partial charge on any atom is -0.370 e. The summed E-state index contributed by atoms with van der Waals surface area (Å²) in [7, 11) is 2.17. The van der Waals surface area contributed by atoms with E-state index in [0.29, 0.717) is 0 Å². The highest BCUT2D eigenvalue weighted by atomic mass is 15.1. The molecule has 0 saturated carbocycles. The molecule has 1 nitrogen and oxygen atoms in total. The Balaban J connectivity index is 0.00000109. The third-order valence-corrected chi connectivity index (χ3v) is 4.58. The highest BCUT2D eigenvalue weighted by Gasteiger charge is 2.21. The van der Waals surface area contributed by atoms with Crippen LogP contribution in [-0.4, -0.2) is 18.5 Å². The van der Waals surface area contributed by atoms with Gasteiger partial charge in [-0.05, 0) is 53.3 Å². The zero-order valence-electron chi connectivity index (χ0n) is 16.8. The highest BCUT2D eigenvalue weighted by Crippen LogP contribution is 2.35. The Morgan fingerprint density at radius 1 is 1.12 bits per heavy atom. The van der Waals surface area contributed by atoms with Crippen LogP contribution in [0.1, 0.15) is 51.3 Å². The van der Waals surface area contributed by atoms with Crippen LogP contribution in [-0.2, 0) is 0 Å². The molecule has 2 aliphatic rings. The standard InChI is InChI=1S/C22H25N.C2H6/c1-16-10-11-18(17-8-6-7-9-17)14-20(16)21-15-19(22(2,3)4)12-13-23(21)5;1-2/h6-8,10-12,14-15H,13H2,1-5H3;1-2H3. The van der Waals surface area contributed by atoms with Gasteiger partial charge in [-0.1, -0.05) is 58.9 Å². The molecule has 0 spiro atoms. The molecule has 0 unspecified atom stereocenters. The largest absolute Gasteiger partial charge is 0.370 e. The van der Waals surface area contributed by atoms with Crippen molar-refractivity contribution in [1.82, 2.24) is 4.90 Å². The van der Waals surface area contributed by atoms with E-state index < -0.39 is 0 Å². The van der Waals surface area contributed by atoms with Gasteiger partial charge < -0.3 is 4.90 Å². The Labute approximate surface area is 153 Å². The van der Waals surface area contributed by atoms with Crippen LogP contribution >= 0.6 is 0 Å². The van der Waals surface area contributed by atoms with E-state index in [4.69, 9.17) is 0 Å². The second-order valence-corrected chi connectivity index (χ2v) is 7.43. The molecule has 1 heteroatoms. The van der Waals surface area contributed by atoms with Crippen LogP contribution in [0.25, 0.3) is 11.3 Å². The first-order valence-electron chi connectivity index (χ1n) is 9.24. The number of aryl methyl sites for hydroxylation is 1. The first-order chi connectivity index (χ1) is 11.9. The fourth-order valence-electron chi connectivity index (χ4n) is 3.03. The Morgan fingerprint density at radius 3 is 2.44 bits per heavy atom. The number of nitrogens with zero attached hydrogens (tertiary/aromatic N) is 1. The molecular formula is C24H31N. The molecule has 0 atom stereocenters. The van der Waals surface area contributed by atoms with Gasteiger partial charge in [-0.2, -0.15) is 0 Å². The van der Waals surface area contributed by atoms with Crippen LogP contribution in [0, 0.1) is 12.3 Å². The first kappa shape index (κ1) is 19.1. The number of hydrogen-bond acceptors (Lipinski definition) is 1. The fraction of sp³-hybridized carbons (Fsp3) is 0.375. The molecule has 25 heavy (non-hydrogen) atoms. The summed E-state index contributed by atoms with van der Waals surface area (Å²) in [4.78, 5) is 2.33. The zero-order valence-corrected chi connectivity index (χ0v) is 16.8. The molecule has 1 aliphatic carbocycles. The van der Waals surface area contributed by atoms with E-state index in [9.17, 15) is 0 Å². The van der Waals surface area contributed by atoms with Crippen LogP contribution in [0.5, 0.6) is 0 Å². The Morgan fingerprint density at radius 2 is 1.84 bits per heavy atom. The normalized spacial score (nSPS) is 16.1. The van der Waals surface area contributed by atoms with Crippen molar-refractivity contribution in [2.24, 2.45) is 5.41 Å². The number of hydrogen-bond donors (Lipinski definition) is 0. The van der Waals surface area contributed by atoms with Gasteiger partial charge in [-0.15, -0.1) is 5.73 Å². The molecule has 3 rings (SSSR count). The van der Waals surface area contributed by atoms with Crippen LogP contribution in [0.15, 0.2) is 59.9 Å². The smallest absolute Gasteiger partial charge is 0.0445 e. The van der Waals surface area contributed by atoms with Crippen molar-refractivity contribution in [2.75, 3.05) is 13.6 Å². The molecule has 0 N–H and O–H groups in total. The zero-order chi connectivity index (χ0) is 18.6. The molecule has 0 aromatic heterocycles. The quantitative estimate of drug-likeness (QED) is 0.567. The lowest BCUT2D eigenvalue weighted by molar-refractivity contribution is 0.481. The van der Waals surface area contributed by atoms with Gasteiger partial charge in [0.25, 0.3) is 0 Å². The minimum atomic E-state index is 0.178. The number of rotatable bonds is 2. The van der Waals surface area contributed by atoms with Crippen molar-refractivity contribution >= 4 is 11.3 Å². The van der Waals surface area contributed by atoms with Gasteiger partial charge in [0, 0.05) is 30.4 Å². The third kappa shape index (κ3) is 4.24. The van der Waals surface area contributed by atoms with E-state index in [1.165, 1.54) is 28.0 Å². The van der Waals surface area contributed by atoms with Crippen molar-refractivity contribution in [2.45, 2.75) is 41.5 Å². The van der Waals surface area contributed by atoms with Crippen LogP contribution in [0.3, 0.4) is 0 Å². The van der Waals surface area contributed by atoms with Crippen LogP contribution in [0.2, 0.25) is 0 Å². The Kier molecular flexibility index (Phi) is 5.93. The predicted molar refractivity (Wildman–Crippen MR) is 111 cm³/mol. The molecule has 1 aromatic rings. The van der Waals surface area contributed by atoms with E-state index in [1.807, 2.05) is 26.0 Å². The van der Waals surface area contributed by atoms with Crippen molar-refractivity contribution in [3.63, 3.8) is 0 Å². The van der Waals surface area contributed by atoms with Gasteiger partial charge in [0.05, 0.1) is 0 Å². The summed E-state index contributed by atoms with van der Waals surface area (Å²) in [5.74, 6) is 0. The predicted octanol–water partition coefficient (Wildman–Crippen LogP) is 6.39. The van der Waals surface area contributed by atoms with Gasteiger partial charge in [0.2, 0.25) is 0 Å². The second kappa shape index (κ2) is 7.76. The lowest BCUT2D eigenvalue weighted by Crippen LogP contribution is -2.24. The Bertz CT molecular complexity index is 788. The van der Waals surface area contributed by atoms with Crippen molar-refractivity contribution in [3.8, 4) is 0 Å². The number of benzene rings is 1. The molecular weight excluding hydrogens is 302 g/mol. The molecule has 0 bridgehead atoms. The molecule has 1 heterocycles. The summed E-state index contributed by atoms with van der Waals surface area (Å²) in [6.07, 6.45) is 10.8. The first-order valence-corrected chi connectivity index (χ1v) is 9.24. The van der Waals surface area contributed by atoms with E-state index >= 15 is 0 Å². The summed E-state index contributed by atoms with van der Waals surface area (Å²) in [6, 6.07) is 6.71. The van der Waals surface area contributed by atoms with Gasteiger partial charge in [-0.3, -0.25) is 0 Å². The summed E-state index contributed by atoms with van der Waals surface area (Å²) < 4.78 is 0. The van der Waals surface area contributed by atoms with E-state index in [0.717, 1.165) is 12.1 Å². The van der Waals surface area contributed by atoms with E-state index in [-0.39, 0.29) is 5.41 Å². The SMILES string of the molecule is CC.Cc1ccc(C2=C=CC=C2)cc1C1=CC(C(C)(C)C)=CCN1C. The molecule has 1 aliphatic heterocycles. The summed E-state index contributed by atoms with van der Waals surface area (Å²) in [6.45, 7) is 14.0. The lowest BCUT2D eigenvalue weighted by Gasteiger charge is -2.31. The van der Waals surface area contributed by atoms with Crippen molar-refractivity contribution < 1.29 is 0 Å². The van der Waals surface area contributed by atoms with Gasteiger partial charge in [-0.25, -0.2) is 0 Å². The molecule has 0 fully saturated rings. The van der Waals surface area contributed by atoms with Gasteiger partial charge >= 0.3 is 0 Å². The molecule has 132 valence electrons. The maximum absolute atomic E-state index is 3.30. The maximum Gasteiger partial charge on any atom is 0.0445 e. The fourth-order valence-corrected chi connectivity index (χ4v) is 3.03. The van der Waals surface area contributed by atoms with Crippen molar-refractivity contribution in [1.29, 1.82) is 0 Å². The monoisotopic (exact) mass is 333 g/mol. The number of likely N-dealkylation sites (N-methyl/N-ethyl adjacent to an activating group) is 1. The second-order valence-electron chi connectivity index (χ2n) is 7.43. The summed E-state index contributed by atoms with van der Waals surface area (Å²) in [5.41, 5.74) is 11.2. The van der Waals surface area contributed by atoms with Gasteiger partial charge in [0.15, 0.2) is 0 Å². The minimum absolute atomic E-state index is 0.178. The molecule has 0 saturated heterocycles. The molecule has 0 radical (unpaired) electrons. The van der Waals surface area contributed by atoms with Crippen molar-refractivity contribution in [3.05, 3.63) is 76.6 Å². The van der Waals surface area contributed by atoms with Crippen LogP contribution < -0.4 is 0 Å². The number of allylic oxidation sites excluding steroid dienone is 5. The van der Waals surface area contributed by atoms with Gasteiger partial charge in [0.1, 0.15) is 0 Å². The van der Waals surface area contributed by atoms with Crippen LogP contribution in [0.4, 0.5) is 0 Å². The summed E-state index contributed by atoms with van der Waals surface area (Å²) >= 11 is 0. The maximum atomic E-state index is 3.30. The Hall–Kier alpha value is -2.24. The van der Waals surface area contributed by atoms with E-state index in [1.54, 1.807) is 0 Å². The lowest BCUT2D eigenvalue weighted by atomic mass is 9.83. The summed E-state index contributed by atoms with van der Waals surface area (Å²) in [5, 5.41) is 0. The van der Waals surface area contributed by atoms with E-state index in [2.05, 4.69) is 81.8 Å². The highest BCUT2D eigenvalue weighted by molar-refractivity contribution is 5.80.